The number of alkyl halides is 3. The van der Waals surface area contributed by atoms with Crippen LogP contribution in [0.3, 0.4) is 0 Å². The van der Waals surface area contributed by atoms with Gasteiger partial charge in [-0.25, -0.2) is 0 Å². The molecule has 0 aliphatic carbocycles. The third kappa shape index (κ3) is 4.74. The van der Waals surface area contributed by atoms with Crippen LogP contribution in [0.5, 0.6) is 5.75 Å². The Morgan fingerprint density at radius 3 is 2.59 bits per heavy atom. The molecule has 0 saturated carbocycles. The van der Waals surface area contributed by atoms with Gasteiger partial charge in [0, 0.05) is 10.6 Å². The first-order valence-corrected chi connectivity index (χ1v) is 11.7. The van der Waals surface area contributed by atoms with Gasteiger partial charge in [0.2, 0.25) is 5.82 Å². The number of rotatable bonds is 5. The minimum absolute atomic E-state index is 0.0130. The first kappa shape index (κ1) is 24.4. The van der Waals surface area contributed by atoms with Crippen LogP contribution >= 0.6 is 23.4 Å². The molecule has 4 rings (SSSR count). The Bertz CT molecular complexity index is 1220. The van der Waals surface area contributed by atoms with Crippen molar-refractivity contribution in [3.05, 3.63) is 70.3 Å². The molecule has 34 heavy (non-hydrogen) atoms. The molecule has 0 N–H and O–H groups in total. The molecule has 0 amide bonds. The van der Waals surface area contributed by atoms with Gasteiger partial charge >= 0.3 is 12.1 Å². The summed E-state index contributed by atoms with van der Waals surface area (Å²) >= 11 is 7.57. The molecule has 0 radical (unpaired) electrons. The maximum Gasteiger partial charge on any atom is 0.452 e. The van der Waals surface area contributed by atoms with Gasteiger partial charge < -0.3 is 9.47 Å². The van der Waals surface area contributed by atoms with Crippen molar-refractivity contribution in [3.63, 3.8) is 0 Å². The van der Waals surface area contributed by atoms with Crippen molar-refractivity contribution in [2.24, 2.45) is 0 Å². The van der Waals surface area contributed by atoms with Crippen LogP contribution in [-0.4, -0.2) is 33.9 Å². The molecule has 0 spiro atoms. The number of aromatic nitrogens is 3. The van der Waals surface area contributed by atoms with Crippen molar-refractivity contribution in [1.29, 1.82) is 0 Å². The summed E-state index contributed by atoms with van der Waals surface area (Å²) in [5.74, 6) is -1.14. The molecule has 1 aliphatic heterocycles. The fraction of sp³-hybridized carbons (Fsp3) is 0.348. The molecule has 0 unspecified atom stereocenters. The number of hydrogen-bond acceptors (Lipinski definition) is 6. The molecule has 2 atom stereocenters. The second kappa shape index (κ2) is 9.50. The molecule has 2 heterocycles. The molecular weight excluding hydrogens is 491 g/mol. The predicted molar refractivity (Wildman–Crippen MR) is 122 cm³/mol. The summed E-state index contributed by atoms with van der Waals surface area (Å²) in [6.45, 7) is 3.41. The monoisotopic (exact) mass is 511 g/mol. The summed E-state index contributed by atoms with van der Waals surface area (Å²) < 4.78 is 53.6. The minimum Gasteiger partial charge on any atom is -0.496 e. The Labute approximate surface area is 203 Å². The first-order chi connectivity index (χ1) is 16.1. The van der Waals surface area contributed by atoms with Crippen LogP contribution in [0.4, 0.5) is 13.2 Å². The molecule has 0 fully saturated rings. The van der Waals surface area contributed by atoms with Gasteiger partial charge in [-0.3, -0.25) is 9.36 Å². The lowest BCUT2D eigenvalue weighted by Crippen LogP contribution is -2.18. The summed E-state index contributed by atoms with van der Waals surface area (Å²) in [7, 11) is 1.52. The Kier molecular flexibility index (Phi) is 6.82. The van der Waals surface area contributed by atoms with E-state index in [1.54, 1.807) is 32.0 Å². The van der Waals surface area contributed by atoms with E-state index in [9.17, 15) is 18.0 Å². The third-order valence-electron chi connectivity index (χ3n) is 5.18. The zero-order valence-electron chi connectivity index (χ0n) is 18.5. The summed E-state index contributed by atoms with van der Waals surface area (Å²) in [5, 5.41) is 6.41. The zero-order chi connectivity index (χ0) is 24.6. The largest absolute Gasteiger partial charge is 0.496 e. The van der Waals surface area contributed by atoms with Gasteiger partial charge in [0.15, 0.2) is 5.82 Å². The van der Waals surface area contributed by atoms with E-state index in [1.165, 1.54) is 31.0 Å². The van der Waals surface area contributed by atoms with E-state index < -0.39 is 28.5 Å². The number of halogens is 4. The van der Waals surface area contributed by atoms with Crippen LogP contribution in [-0.2, 0) is 15.7 Å². The second-order valence-corrected chi connectivity index (χ2v) is 9.66. The number of carbonyl (C=O) groups excluding carboxylic acids is 1. The fourth-order valence-electron chi connectivity index (χ4n) is 3.89. The summed E-state index contributed by atoms with van der Waals surface area (Å²) in [6.07, 6.45) is -5.32. The number of carbonyl (C=O) groups is 1. The van der Waals surface area contributed by atoms with Crippen molar-refractivity contribution in [3.8, 4) is 11.4 Å². The van der Waals surface area contributed by atoms with Crippen molar-refractivity contribution in [1.82, 2.24) is 14.8 Å². The lowest BCUT2D eigenvalue weighted by Gasteiger charge is -2.23. The SMILES string of the molecule is COc1ccccc1[C@H]1S[C@H](CC(=O)OC(C)C)c2nnc(C(F)(F)F)n2-c2ccc(Cl)cc21. The van der Waals surface area contributed by atoms with Crippen LogP contribution in [0.1, 0.15) is 53.5 Å². The van der Waals surface area contributed by atoms with E-state index in [-0.39, 0.29) is 24.0 Å². The molecule has 2 aromatic carbocycles. The number of hydrogen-bond donors (Lipinski definition) is 0. The van der Waals surface area contributed by atoms with Gasteiger partial charge in [-0.05, 0) is 43.7 Å². The Balaban J connectivity index is 1.96. The number of esters is 1. The molecule has 0 saturated heterocycles. The van der Waals surface area contributed by atoms with Crippen LogP contribution < -0.4 is 4.74 Å². The normalized spacial score (nSPS) is 17.6. The molecule has 11 heteroatoms. The number of nitrogens with zero attached hydrogens (tertiary/aromatic N) is 3. The number of ether oxygens (including phenoxy) is 2. The quantitative estimate of drug-likeness (QED) is 0.382. The van der Waals surface area contributed by atoms with Crippen molar-refractivity contribution in [2.75, 3.05) is 7.11 Å². The van der Waals surface area contributed by atoms with E-state index in [0.29, 0.717) is 16.3 Å². The van der Waals surface area contributed by atoms with Crippen LogP contribution in [0.2, 0.25) is 5.02 Å². The number of fused-ring (bicyclic) bond motifs is 3. The number of para-hydroxylation sites is 1. The number of benzene rings is 2. The van der Waals surface area contributed by atoms with Crippen LogP contribution in [0, 0.1) is 0 Å². The van der Waals surface area contributed by atoms with Crippen molar-refractivity contribution >= 4 is 29.3 Å². The summed E-state index contributed by atoms with van der Waals surface area (Å²) in [6, 6.07) is 11.9. The average Bonchev–Trinajstić information content (AvgIpc) is 3.17. The lowest BCUT2D eigenvalue weighted by atomic mass is 10.0. The zero-order valence-corrected chi connectivity index (χ0v) is 20.0. The molecule has 180 valence electrons. The van der Waals surface area contributed by atoms with Gasteiger partial charge in [0.25, 0.3) is 0 Å². The second-order valence-electron chi connectivity index (χ2n) is 7.91. The van der Waals surface area contributed by atoms with E-state index in [0.717, 1.165) is 10.1 Å². The average molecular weight is 512 g/mol. The Hall–Kier alpha value is -2.72. The van der Waals surface area contributed by atoms with Gasteiger partial charge in [-0.1, -0.05) is 29.8 Å². The van der Waals surface area contributed by atoms with E-state index >= 15 is 0 Å². The highest BCUT2D eigenvalue weighted by atomic mass is 35.5. The standard InChI is InChI=1S/C23H21ClF3N3O3S/c1-12(2)33-19(31)11-18-21-28-29-22(23(25,26)27)30(21)16-9-8-13(24)10-15(16)20(34-18)14-6-4-5-7-17(14)32-3/h4-10,12,18,20H,11H2,1-3H3/t18-,20-/m1/s1. The number of methoxy groups -OCH3 is 1. The topological polar surface area (TPSA) is 66.2 Å². The van der Waals surface area contributed by atoms with Gasteiger partial charge in [0.05, 0.1) is 35.8 Å². The Morgan fingerprint density at radius 2 is 1.91 bits per heavy atom. The summed E-state index contributed by atoms with van der Waals surface area (Å²) in [4.78, 5) is 12.6. The van der Waals surface area contributed by atoms with Crippen LogP contribution in [0.15, 0.2) is 42.5 Å². The maximum atomic E-state index is 13.9. The van der Waals surface area contributed by atoms with Gasteiger partial charge in [0.1, 0.15) is 5.75 Å². The van der Waals surface area contributed by atoms with Crippen molar-refractivity contribution < 1.29 is 27.4 Å². The highest BCUT2D eigenvalue weighted by Gasteiger charge is 2.43. The fourth-order valence-corrected chi connectivity index (χ4v) is 5.58. The van der Waals surface area contributed by atoms with Crippen molar-refractivity contribution in [2.45, 2.75) is 43.0 Å². The molecule has 0 bridgehead atoms. The lowest BCUT2D eigenvalue weighted by molar-refractivity contribution is -0.147. The maximum absolute atomic E-state index is 13.9. The van der Waals surface area contributed by atoms with E-state index in [2.05, 4.69) is 10.2 Å². The highest BCUT2D eigenvalue weighted by molar-refractivity contribution is 8.00. The van der Waals surface area contributed by atoms with Crippen LogP contribution in [0.25, 0.3) is 5.69 Å². The van der Waals surface area contributed by atoms with E-state index in [4.69, 9.17) is 21.1 Å². The molecule has 6 nitrogen and oxygen atoms in total. The molecular formula is C23H21ClF3N3O3S. The first-order valence-electron chi connectivity index (χ1n) is 10.4. The number of thioether (sulfide) groups is 1. The summed E-state index contributed by atoms with van der Waals surface area (Å²) in [5.41, 5.74) is 1.49. The third-order valence-corrected chi connectivity index (χ3v) is 6.90. The van der Waals surface area contributed by atoms with E-state index in [1.807, 2.05) is 12.1 Å². The minimum atomic E-state index is -4.76. The molecule has 1 aliphatic rings. The molecule has 1 aromatic heterocycles. The predicted octanol–water partition coefficient (Wildman–Crippen LogP) is 6.17. The van der Waals surface area contributed by atoms with Gasteiger partial charge in [-0.2, -0.15) is 13.2 Å². The molecule has 3 aromatic rings. The smallest absolute Gasteiger partial charge is 0.452 e. The van der Waals surface area contributed by atoms with Gasteiger partial charge in [-0.15, -0.1) is 22.0 Å². The highest BCUT2D eigenvalue weighted by Crippen LogP contribution is 2.53. The Morgan fingerprint density at radius 1 is 1.18 bits per heavy atom.